The Labute approximate surface area is 182 Å². The number of esters is 1. The molecule has 0 aromatic rings. The Kier molecular flexibility index (Phi) is 20.9. The van der Waals surface area contributed by atoms with Crippen molar-refractivity contribution >= 4 is 5.97 Å². The van der Waals surface area contributed by atoms with E-state index < -0.39 is 0 Å². The number of hydrogen-bond donors (Lipinski definition) is 0. The van der Waals surface area contributed by atoms with Crippen LogP contribution in [0.4, 0.5) is 0 Å². The van der Waals surface area contributed by atoms with Gasteiger partial charge in [-0.3, -0.25) is 4.79 Å². The molecule has 0 spiro atoms. The van der Waals surface area contributed by atoms with E-state index in [1.54, 1.807) is 0 Å². The van der Waals surface area contributed by atoms with Gasteiger partial charge in [-0.25, -0.2) is 0 Å². The van der Waals surface area contributed by atoms with Crippen LogP contribution in [0.15, 0.2) is 24.3 Å². The highest BCUT2D eigenvalue weighted by atomic mass is 16.5. The molecule has 0 fully saturated rings. The second kappa shape index (κ2) is 21.7. The highest BCUT2D eigenvalue weighted by Crippen LogP contribution is 2.17. The fourth-order valence-electron chi connectivity index (χ4n) is 3.75. The molecule has 0 aliphatic carbocycles. The zero-order valence-corrected chi connectivity index (χ0v) is 20.1. The fraction of sp³-hybridized carbons (Fsp3) is 0.815. The molecule has 0 saturated heterocycles. The standard InChI is InChI=1S/C27H50O2/c1-5-7-8-9-10-11-12-13-14-15-16-17-18-19-20-22-27(28)29-24-26(4)23-25(3)21-6-2/h10-11,13-14,25-26H,5-9,12,15-24H2,1-4H3/b11-10-,14-13-/t25-,26-/m0/s1. The highest BCUT2D eigenvalue weighted by Gasteiger charge is 2.11. The Morgan fingerprint density at radius 3 is 2.03 bits per heavy atom. The first-order chi connectivity index (χ1) is 14.1. The molecule has 0 aromatic heterocycles. The van der Waals surface area contributed by atoms with Crippen LogP contribution in [0.25, 0.3) is 0 Å². The Morgan fingerprint density at radius 2 is 1.38 bits per heavy atom. The van der Waals surface area contributed by atoms with Gasteiger partial charge >= 0.3 is 5.97 Å². The molecule has 0 radical (unpaired) electrons. The summed E-state index contributed by atoms with van der Waals surface area (Å²) in [6.45, 7) is 9.56. The summed E-state index contributed by atoms with van der Waals surface area (Å²) in [4.78, 5) is 11.9. The fourth-order valence-corrected chi connectivity index (χ4v) is 3.75. The van der Waals surface area contributed by atoms with Gasteiger partial charge in [-0.1, -0.05) is 96.9 Å². The quantitative estimate of drug-likeness (QED) is 0.115. The van der Waals surface area contributed by atoms with Gasteiger partial charge in [-0.05, 0) is 56.8 Å². The van der Waals surface area contributed by atoms with Crippen molar-refractivity contribution in [3.63, 3.8) is 0 Å². The minimum absolute atomic E-state index is 0.00863. The lowest BCUT2D eigenvalue weighted by Crippen LogP contribution is -2.14. The monoisotopic (exact) mass is 406 g/mol. The Morgan fingerprint density at radius 1 is 0.759 bits per heavy atom. The van der Waals surface area contributed by atoms with Crippen molar-refractivity contribution in [1.29, 1.82) is 0 Å². The molecular weight excluding hydrogens is 356 g/mol. The summed E-state index contributed by atoms with van der Waals surface area (Å²) in [6.07, 6.45) is 26.8. The summed E-state index contributed by atoms with van der Waals surface area (Å²) < 4.78 is 5.45. The van der Waals surface area contributed by atoms with Crippen LogP contribution in [0.1, 0.15) is 124 Å². The smallest absolute Gasteiger partial charge is 0.305 e. The summed E-state index contributed by atoms with van der Waals surface area (Å²) in [6, 6.07) is 0. The number of ether oxygens (including phenoxy) is 1. The molecule has 2 nitrogen and oxygen atoms in total. The number of unbranched alkanes of at least 4 members (excludes halogenated alkanes) is 8. The van der Waals surface area contributed by atoms with Crippen LogP contribution in [-0.4, -0.2) is 12.6 Å². The van der Waals surface area contributed by atoms with Gasteiger partial charge in [0.1, 0.15) is 0 Å². The third-order valence-corrected chi connectivity index (χ3v) is 5.45. The van der Waals surface area contributed by atoms with Crippen molar-refractivity contribution in [2.24, 2.45) is 11.8 Å². The molecule has 0 unspecified atom stereocenters. The summed E-state index contributed by atoms with van der Waals surface area (Å²) in [7, 11) is 0. The third kappa shape index (κ3) is 21.5. The van der Waals surface area contributed by atoms with Crippen molar-refractivity contribution in [3.05, 3.63) is 24.3 Å². The van der Waals surface area contributed by atoms with Gasteiger partial charge in [-0.15, -0.1) is 0 Å². The normalized spacial score (nSPS) is 13.9. The minimum atomic E-state index is -0.00863. The van der Waals surface area contributed by atoms with Crippen LogP contribution in [0, 0.1) is 11.8 Å². The topological polar surface area (TPSA) is 26.3 Å². The maximum Gasteiger partial charge on any atom is 0.305 e. The van der Waals surface area contributed by atoms with Crippen LogP contribution in [-0.2, 0) is 9.53 Å². The molecule has 0 saturated carbocycles. The first-order valence-corrected chi connectivity index (χ1v) is 12.6. The molecule has 2 heteroatoms. The predicted octanol–water partition coefficient (Wildman–Crippen LogP) is 8.81. The zero-order valence-electron chi connectivity index (χ0n) is 20.1. The van der Waals surface area contributed by atoms with Gasteiger partial charge in [0.05, 0.1) is 6.61 Å². The molecule has 0 amide bonds. The van der Waals surface area contributed by atoms with E-state index in [0.29, 0.717) is 18.9 Å². The molecule has 170 valence electrons. The highest BCUT2D eigenvalue weighted by molar-refractivity contribution is 5.69. The molecule has 0 bridgehead atoms. The summed E-state index contributed by atoms with van der Waals surface area (Å²) in [5, 5.41) is 0. The molecule has 0 rings (SSSR count). The average Bonchev–Trinajstić information content (AvgIpc) is 2.69. The van der Waals surface area contributed by atoms with E-state index in [1.807, 2.05) is 0 Å². The SMILES string of the molecule is CCCCC/C=C\C/C=C\CCCCCCCC(=O)OC[C@@H](C)C[C@@H](C)CCC. The van der Waals surface area contributed by atoms with Crippen LogP contribution in [0.3, 0.4) is 0 Å². The predicted molar refractivity (Wildman–Crippen MR) is 128 cm³/mol. The number of allylic oxidation sites excluding steroid dienone is 4. The van der Waals surface area contributed by atoms with E-state index in [1.165, 1.54) is 64.2 Å². The first-order valence-electron chi connectivity index (χ1n) is 12.6. The van der Waals surface area contributed by atoms with Gasteiger partial charge in [0.15, 0.2) is 0 Å². The van der Waals surface area contributed by atoms with Crippen molar-refractivity contribution < 1.29 is 9.53 Å². The van der Waals surface area contributed by atoms with Crippen molar-refractivity contribution in [1.82, 2.24) is 0 Å². The molecule has 0 N–H and O–H groups in total. The van der Waals surface area contributed by atoms with Crippen LogP contribution in [0.5, 0.6) is 0 Å². The number of carbonyl (C=O) groups is 1. The van der Waals surface area contributed by atoms with Gasteiger partial charge < -0.3 is 4.74 Å². The minimum Gasteiger partial charge on any atom is -0.465 e. The van der Waals surface area contributed by atoms with Crippen LogP contribution >= 0.6 is 0 Å². The molecule has 29 heavy (non-hydrogen) atoms. The van der Waals surface area contributed by atoms with E-state index in [9.17, 15) is 4.79 Å². The largest absolute Gasteiger partial charge is 0.465 e. The Hall–Kier alpha value is -1.05. The van der Waals surface area contributed by atoms with Gasteiger partial charge in [0.25, 0.3) is 0 Å². The maximum absolute atomic E-state index is 11.9. The second-order valence-electron chi connectivity index (χ2n) is 8.90. The van der Waals surface area contributed by atoms with Crippen LogP contribution < -0.4 is 0 Å². The molecule has 0 aliphatic rings. The average molecular weight is 407 g/mol. The molecular formula is C27H50O2. The van der Waals surface area contributed by atoms with Gasteiger partial charge in [0.2, 0.25) is 0 Å². The maximum atomic E-state index is 11.9. The number of carbonyl (C=O) groups excluding carboxylic acids is 1. The van der Waals surface area contributed by atoms with Crippen molar-refractivity contribution in [2.45, 2.75) is 124 Å². The zero-order chi connectivity index (χ0) is 21.6. The molecule has 0 aliphatic heterocycles. The lowest BCUT2D eigenvalue weighted by atomic mass is 9.94. The Bertz CT molecular complexity index is 411. The lowest BCUT2D eigenvalue weighted by Gasteiger charge is -2.16. The van der Waals surface area contributed by atoms with Crippen molar-refractivity contribution in [3.8, 4) is 0 Å². The van der Waals surface area contributed by atoms with Crippen LogP contribution in [0.2, 0.25) is 0 Å². The first kappa shape index (κ1) is 27.9. The summed E-state index contributed by atoms with van der Waals surface area (Å²) in [5.41, 5.74) is 0. The van der Waals surface area contributed by atoms with E-state index in [-0.39, 0.29) is 5.97 Å². The molecule has 0 heterocycles. The summed E-state index contributed by atoms with van der Waals surface area (Å²) >= 11 is 0. The molecule has 2 atom stereocenters. The van der Waals surface area contributed by atoms with E-state index >= 15 is 0 Å². The van der Waals surface area contributed by atoms with Crippen molar-refractivity contribution in [2.75, 3.05) is 6.61 Å². The molecule has 0 aromatic carbocycles. The Balaban J connectivity index is 3.43. The van der Waals surface area contributed by atoms with E-state index in [2.05, 4.69) is 52.0 Å². The third-order valence-electron chi connectivity index (χ3n) is 5.45. The number of rotatable bonds is 20. The van der Waals surface area contributed by atoms with E-state index in [0.717, 1.165) is 31.6 Å². The summed E-state index contributed by atoms with van der Waals surface area (Å²) in [5.74, 6) is 1.20. The van der Waals surface area contributed by atoms with Gasteiger partial charge in [-0.2, -0.15) is 0 Å². The second-order valence-corrected chi connectivity index (χ2v) is 8.90. The van der Waals surface area contributed by atoms with Gasteiger partial charge in [0, 0.05) is 6.42 Å². The number of hydrogen-bond acceptors (Lipinski definition) is 2. The van der Waals surface area contributed by atoms with E-state index in [4.69, 9.17) is 4.74 Å². The lowest BCUT2D eigenvalue weighted by molar-refractivity contribution is -0.145.